The monoisotopic (exact) mass is 334 g/mol. The number of hydrogen-bond acceptors (Lipinski definition) is 4. The first-order valence-electron chi connectivity index (χ1n) is 7.36. The Morgan fingerprint density at radius 1 is 1.26 bits per heavy atom. The number of urea groups is 1. The Morgan fingerprint density at radius 2 is 1.96 bits per heavy atom. The van der Waals surface area contributed by atoms with Gasteiger partial charge in [0.05, 0.1) is 14.2 Å². The van der Waals surface area contributed by atoms with Crippen molar-refractivity contribution in [2.24, 2.45) is 0 Å². The van der Waals surface area contributed by atoms with Gasteiger partial charge in [-0.2, -0.15) is 0 Å². The number of nitrogens with one attached hydrogen (secondary N) is 2. The molecule has 1 aromatic heterocycles. The highest BCUT2D eigenvalue weighted by Gasteiger charge is 2.12. The number of amides is 2. The molecular formula is C17H22N2O3S. The first-order chi connectivity index (χ1) is 11.0. The molecule has 23 heavy (non-hydrogen) atoms. The van der Waals surface area contributed by atoms with Crippen LogP contribution in [0.15, 0.2) is 29.6 Å². The number of carbonyl (C=O) groups excluding carboxylic acids is 1. The first kappa shape index (κ1) is 17.1. The zero-order chi connectivity index (χ0) is 16.8. The summed E-state index contributed by atoms with van der Waals surface area (Å²) in [7, 11) is 3.16. The molecule has 2 aromatic rings. The second-order valence-electron chi connectivity index (χ2n) is 5.27. The Kier molecular flexibility index (Phi) is 5.87. The number of anilines is 1. The molecule has 6 heteroatoms. The predicted octanol–water partition coefficient (Wildman–Crippen LogP) is 4.00. The Labute approximate surface area is 140 Å². The van der Waals surface area contributed by atoms with E-state index < -0.39 is 0 Å². The molecule has 2 N–H and O–H groups in total. The summed E-state index contributed by atoms with van der Waals surface area (Å²) in [4.78, 5) is 13.4. The Hall–Kier alpha value is -2.21. The van der Waals surface area contributed by atoms with Gasteiger partial charge in [0.15, 0.2) is 11.5 Å². The third kappa shape index (κ3) is 4.39. The van der Waals surface area contributed by atoms with Crippen LogP contribution in [0.25, 0.3) is 0 Å². The molecule has 0 aliphatic rings. The lowest BCUT2D eigenvalue weighted by Crippen LogP contribution is -2.31. The van der Waals surface area contributed by atoms with Crippen LogP contribution in [0, 0.1) is 6.92 Å². The zero-order valence-electron chi connectivity index (χ0n) is 13.8. The zero-order valence-corrected chi connectivity index (χ0v) is 14.6. The predicted molar refractivity (Wildman–Crippen MR) is 94.0 cm³/mol. The maximum absolute atomic E-state index is 12.1. The average Bonchev–Trinajstić information content (AvgIpc) is 3.08. The van der Waals surface area contributed by atoms with Crippen LogP contribution in [0.2, 0.25) is 0 Å². The van der Waals surface area contributed by atoms with Crippen molar-refractivity contribution in [3.05, 3.63) is 40.1 Å². The topological polar surface area (TPSA) is 59.6 Å². The van der Waals surface area contributed by atoms with Crippen LogP contribution in [0.4, 0.5) is 10.5 Å². The van der Waals surface area contributed by atoms with E-state index in [2.05, 4.69) is 23.6 Å². The van der Waals surface area contributed by atoms with E-state index in [0.717, 1.165) is 5.56 Å². The molecule has 1 aromatic carbocycles. The van der Waals surface area contributed by atoms with E-state index in [-0.39, 0.29) is 11.9 Å². The summed E-state index contributed by atoms with van der Waals surface area (Å²) in [6.45, 7) is 4.58. The van der Waals surface area contributed by atoms with Gasteiger partial charge in [-0.1, -0.05) is 13.0 Å². The van der Waals surface area contributed by atoms with Crippen molar-refractivity contribution in [2.45, 2.75) is 19.8 Å². The molecule has 0 fully saturated rings. The van der Waals surface area contributed by atoms with E-state index in [0.29, 0.717) is 23.7 Å². The van der Waals surface area contributed by atoms with Crippen molar-refractivity contribution in [1.29, 1.82) is 0 Å². The maximum atomic E-state index is 12.1. The summed E-state index contributed by atoms with van der Waals surface area (Å²) >= 11 is 1.70. The number of rotatable bonds is 6. The molecule has 0 aliphatic carbocycles. The molecule has 1 heterocycles. The van der Waals surface area contributed by atoms with Crippen LogP contribution < -0.4 is 20.1 Å². The van der Waals surface area contributed by atoms with Gasteiger partial charge in [0, 0.05) is 29.1 Å². The molecule has 0 bridgehead atoms. The minimum atomic E-state index is -0.233. The normalized spacial score (nSPS) is 11.7. The standard InChI is InChI=1S/C17H22N2O3S/c1-11-8-14(21-3)15(22-4)9-13(11)19-17(20)18-10-12(2)16-6-5-7-23-16/h5-9,12H,10H2,1-4H3,(H2,18,19,20)/t12-/m0/s1. The molecular weight excluding hydrogens is 312 g/mol. The number of hydrogen-bond donors (Lipinski definition) is 2. The van der Waals surface area contributed by atoms with Gasteiger partial charge in [-0.25, -0.2) is 4.79 Å². The Morgan fingerprint density at radius 3 is 2.57 bits per heavy atom. The van der Waals surface area contributed by atoms with Gasteiger partial charge in [-0.05, 0) is 30.0 Å². The van der Waals surface area contributed by atoms with Crippen molar-refractivity contribution < 1.29 is 14.3 Å². The lowest BCUT2D eigenvalue weighted by atomic mass is 10.1. The fourth-order valence-electron chi connectivity index (χ4n) is 2.20. The van der Waals surface area contributed by atoms with Gasteiger partial charge in [0.2, 0.25) is 0 Å². The average molecular weight is 334 g/mol. The van der Waals surface area contributed by atoms with Crippen LogP contribution in [0.3, 0.4) is 0 Å². The fraction of sp³-hybridized carbons (Fsp3) is 0.353. The van der Waals surface area contributed by atoms with Crippen LogP contribution in [0.1, 0.15) is 23.3 Å². The van der Waals surface area contributed by atoms with E-state index >= 15 is 0 Å². The van der Waals surface area contributed by atoms with E-state index in [1.807, 2.05) is 24.4 Å². The van der Waals surface area contributed by atoms with Gasteiger partial charge < -0.3 is 20.1 Å². The summed E-state index contributed by atoms with van der Waals surface area (Å²) in [6.07, 6.45) is 0. The molecule has 0 unspecified atom stereocenters. The summed E-state index contributed by atoms with van der Waals surface area (Å²) in [5, 5.41) is 7.79. The van der Waals surface area contributed by atoms with Crippen molar-refractivity contribution in [3.63, 3.8) is 0 Å². The third-order valence-electron chi connectivity index (χ3n) is 3.58. The van der Waals surface area contributed by atoms with Crippen LogP contribution in [-0.2, 0) is 0 Å². The number of benzene rings is 1. The van der Waals surface area contributed by atoms with E-state index in [4.69, 9.17) is 9.47 Å². The number of aryl methyl sites for hydroxylation is 1. The van der Waals surface area contributed by atoms with E-state index in [9.17, 15) is 4.79 Å². The lowest BCUT2D eigenvalue weighted by molar-refractivity contribution is 0.251. The fourth-order valence-corrected chi connectivity index (χ4v) is 2.99. The molecule has 124 valence electrons. The van der Waals surface area contributed by atoms with Gasteiger partial charge in [0.25, 0.3) is 0 Å². The van der Waals surface area contributed by atoms with E-state index in [1.165, 1.54) is 4.88 Å². The molecule has 5 nitrogen and oxygen atoms in total. The van der Waals surface area contributed by atoms with Gasteiger partial charge in [-0.3, -0.25) is 0 Å². The van der Waals surface area contributed by atoms with Crippen LogP contribution in [-0.4, -0.2) is 26.8 Å². The highest BCUT2D eigenvalue weighted by Crippen LogP contribution is 2.32. The molecule has 0 spiro atoms. The van der Waals surface area contributed by atoms with Crippen molar-refractivity contribution in [3.8, 4) is 11.5 Å². The summed E-state index contributed by atoms with van der Waals surface area (Å²) in [6, 6.07) is 7.46. The molecule has 0 saturated heterocycles. The highest BCUT2D eigenvalue weighted by atomic mass is 32.1. The smallest absolute Gasteiger partial charge is 0.319 e. The van der Waals surface area contributed by atoms with E-state index in [1.54, 1.807) is 31.6 Å². The minimum Gasteiger partial charge on any atom is -0.493 e. The van der Waals surface area contributed by atoms with Crippen molar-refractivity contribution in [1.82, 2.24) is 5.32 Å². The Balaban J connectivity index is 1.97. The van der Waals surface area contributed by atoms with Crippen LogP contribution >= 0.6 is 11.3 Å². The third-order valence-corrected chi connectivity index (χ3v) is 4.68. The molecule has 0 aliphatic heterocycles. The summed E-state index contributed by atoms with van der Waals surface area (Å²) in [5.74, 6) is 1.51. The summed E-state index contributed by atoms with van der Waals surface area (Å²) in [5.41, 5.74) is 1.60. The number of methoxy groups -OCH3 is 2. The number of ether oxygens (including phenoxy) is 2. The van der Waals surface area contributed by atoms with Crippen LogP contribution in [0.5, 0.6) is 11.5 Å². The molecule has 2 amide bonds. The summed E-state index contributed by atoms with van der Waals surface area (Å²) < 4.78 is 10.5. The largest absolute Gasteiger partial charge is 0.493 e. The minimum absolute atomic E-state index is 0.233. The van der Waals surface area contributed by atoms with Gasteiger partial charge in [-0.15, -0.1) is 11.3 Å². The lowest BCUT2D eigenvalue weighted by Gasteiger charge is -2.15. The SMILES string of the molecule is COc1cc(C)c(NC(=O)NC[C@H](C)c2cccs2)cc1OC. The molecule has 1 atom stereocenters. The number of thiophene rings is 1. The second kappa shape index (κ2) is 7.87. The highest BCUT2D eigenvalue weighted by molar-refractivity contribution is 7.10. The second-order valence-corrected chi connectivity index (χ2v) is 6.25. The maximum Gasteiger partial charge on any atom is 0.319 e. The quantitative estimate of drug-likeness (QED) is 0.839. The molecule has 2 rings (SSSR count). The molecule has 0 saturated carbocycles. The van der Waals surface area contributed by atoms with Gasteiger partial charge in [0.1, 0.15) is 0 Å². The number of carbonyl (C=O) groups is 1. The van der Waals surface area contributed by atoms with Crippen molar-refractivity contribution in [2.75, 3.05) is 26.1 Å². The van der Waals surface area contributed by atoms with Crippen molar-refractivity contribution >= 4 is 23.1 Å². The Bertz CT molecular complexity index is 656. The van der Waals surface area contributed by atoms with Gasteiger partial charge >= 0.3 is 6.03 Å². The molecule has 0 radical (unpaired) electrons. The first-order valence-corrected chi connectivity index (χ1v) is 8.24.